The summed E-state index contributed by atoms with van der Waals surface area (Å²) in [5, 5.41) is 3.41. The number of ether oxygens (including phenoxy) is 1. The second-order valence-corrected chi connectivity index (χ2v) is 6.32. The Morgan fingerprint density at radius 1 is 1.30 bits per heavy atom. The number of hydrogen-bond acceptors (Lipinski definition) is 3. The zero-order valence-electron chi connectivity index (χ0n) is 12.7. The first-order valence-corrected chi connectivity index (χ1v) is 7.92. The first kappa shape index (κ1) is 13.9. The van der Waals surface area contributed by atoms with Gasteiger partial charge in [0.1, 0.15) is 12.4 Å². The van der Waals surface area contributed by atoms with E-state index < -0.39 is 0 Å². The highest BCUT2D eigenvalue weighted by atomic mass is 16.5. The minimum absolute atomic E-state index is 0.196. The predicted molar refractivity (Wildman–Crippen MR) is 82.0 cm³/mol. The van der Waals surface area contributed by atoms with Crippen molar-refractivity contribution < 1.29 is 4.74 Å². The number of fused-ring (bicyclic) bond motifs is 1. The number of nitrogens with zero attached hydrogens (tertiary/aromatic N) is 1. The molecule has 1 aromatic rings. The summed E-state index contributed by atoms with van der Waals surface area (Å²) in [6, 6.07) is 6.43. The van der Waals surface area contributed by atoms with Crippen molar-refractivity contribution in [3.8, 4) is 5.75 Å². The van der Waals surface area contributed by atoms with E-state index in [1.54, 1.807) is 0 Å². The highest BCUT2D eigenvalue weighted by molar-refractivity contribution is 5.42. The maximum atomic E-state index is 6.24. The van der Waals surface area contributed by atoms with Crippen LogP contribution >= 0.6 is 0 Å². The molecule has 0 spiro atoms. The van der Waals surface area contributed by atoms with Crippen LogP contribution in [0.1, 0.15) is 44.2 Å². The standard InChI is InChI=1S/C17H26N2O/c1-3-19-10-5-4-9-17(19,2)13-20-16-8-6-7-14-11-18-12-15(14)16/h6-8,18H,3-5,9-13H2,1-2H3. The lowest BCUT2D eigenvalue weighted by Crippen LogP contribution is -2.53. The summed E-state index contributed by atoms with van der Waals surface area (Å²) < 4.78 is 6.24. The fourth-order valence-electron chi connectivity index (χ4n) is 3.61. The Balaban J connectivity index is 1.71. The van der Waals surface area contributed by atoms with Gasteiger partial charge in [0.25, 0.3) is 0 Å². The maximum absolute atomic E-state index is 6.24. The molecule has 3 rings (SSSR count). The van der Waals surface area contributed by atoms with Crippen LogP contribution in [0, 0.1) is 0 Å². The third-order valence-corrected chi connectivity index (χ3v) is 4.92. The smallest absolute Gasteiger partial charge is 0.124 e. The molecule has 1 saturated heterocycles. The Morgan fingerprint density at radius 3 is 3.05 bits per heavy atom. The minimum atomic E-state index is 0.196. The highest BCUT2D eigenvalue weighted by Crippen LogP contribution is 2.31. The average Bonchev–Trinajstić information content (AvgIpc) is 2.94. The summed E-state index contributed by atoms with van der Waals surface area (Å²) in [7, 11) is 0. The molecule has 2 aliphatic rings. The zero-order chi connectivity index (χ0) is 14.0. The van der Waals surface area contributed by atoms with Crippen molar-refractivity contribution in [3.63, 3.8) is 0 Å². The Kier molecular flexibility index (Phi) is 3.99. The number of piperidine rings is 1. The Bertz CT molecular complexity index is 474. The molecule has 1 fully saturated rings. The number of likely N-dealkylation sites (tertiary alicyclic amines) is 1. The molecule has 0 aromatic heterocycles. The van der Waals surface area contributed by atoms with E-state index in [-0.39, 0.29) is 5.54 Å². The van der Waals surface area contributed by atoms with Crippen molar-refractivity contribution in [2.24, 2.45) is 0 Å². The predicted octanol–water partition coefficient (Wildman–Crippen LogP) is 2.93. The highest BCUT2D eigenvalue weighted by Gasteiger charge is 2.34. The van der Waals surface area contributed by atoms with E-state index in [2.05, 4.69) is 42.3 Å². The van der Waals surface area contributed by atoms with Gasteiger partial charge in [0, 0.05) is 18.7 Å². The normalized spacial score (nSPS) is 26.5. The van der Waals surface area contributed by atoms with Gasteiger partial charge in [-0.05, 0) is 44.5 Å². The van der Waals surface area contributed by atoms with Crippen molar-refractivity contribution in [1.82, 2.24) is 10.2 Å². The van der Waals surface area contributed by atoms with E-state index in [4.69, 9.17) is 4.74 Å². The molecule has 110 valence electrons. The number of nitrogens with one attached hydrogen (secondary N) is 1. The van der Waals surface area contributed by atoms with E-state index in [0.717, 1.165) is 32.0 Å². The molecule has 0 aliphatic carbocycles. The molecule has 2 aliphatic heterocycles. The second kappa shape index (κ2) is 5.74. The molecule has 3 nitrogen and oxygen atoms in total. The Hall–Kier alpha value is -1.06. The Morgan fingerprint density at radius 2 is 2.20 bits per heavy atom. The van der Waals surface area contributed by atoms with Gasteiger partial charge in [-0.1, -0.05) is 25.5 Å². The fourth-order valence-corrected chi connectivity index (χ4v) is 3.61. The van der Waals surface area contributed by atoms with Gasteiger partial charge in [-0.15, -0.1) is 0 Å². The molecule has 1 aromatic carbocycles. The summed E-state index contributed by atoms with van der Waals surface area (Å²) in [6.45, 7) is 9.67. The molecule has 2 heterocycles. The van der Waals surface area contributed by atoms with E-state index >= 15 is 0 Å². The molecule has 0 radical (unpaired) electrons. The molecule has 1 N–H and O–H groups in total. The van der Waals surface area contributed by atoms with Gasteiger partial charge in [0.2, 0.25) is 0 Å². The summed E-state index contributed by atoms with van der Waals surface area (Å²) >= 11 is 0. The van der Waals surface area contributed by atoms with Crippen LogP contribution in [-0.2, 0) is 13.1 Å². The molecule has 0 saturated carbocycles. The quantitative estimate of drug-likeness (QED) is 0.913. The molecular weight excluding hydrogens is 248 g/mol. The lowest BCUT2D eigenvalue weighted by atomic mass is 9.89. The average molecular weight is 274 g/mol. The van der Waals surface area contributed by atoms with Crippen LogP contribution in [0.2, 0.25) is 0 Å². The van der Waals surface area contributed by atoms with Gasteiger partial charge in [0.05, 0.1) is 5.54 Å². The summed E-state index contributed by atoms with van der Waals surface area (Å²) in [4.78, 5) is 2.58. The van der Waals surface area contributed by atoms with Crippen LogP contribution in [0.4, 0.5) is 0 Å². The molecule has 3 heteroatoms. The number of hydrogen-bond donors (Lipinski definition) is 1. The van der Waals surface area contributed by atoms with Crippen LogP contribution in [0.3, 0.4) is 0 Å². The first-order valence-electron chi connectivity index (χ1n) is 7.92. The van der Waals surface area contributed by atoms with Gasteiger partial charge in [-0.25, -0.2) is 0 Å². The van der Waals surface area contributed by atoms with Crippen molar-refractivity contribution >= 4 is 0 Å². The van der Waals surface area contributed by atoms with Gasteiger partial charge >= 0.3 is 0 Å². The summed E-state index contributed by atoms with van der Waals surface area (Å²) in [5.74, 6) is 1.08. The number of benzene rings is 1. The van der Waals surface area contributed by atoms with Gasteiger partial charge in [-0.3, -0.25) is 4.90 Å². The third-order valence-electron chi connectivity index (χ3n) is 4.92. The van der Waals surface area contributed by atoms with Crippen LogP contribution < -0.4 is 10.1 Å². The molecular formula is C17H26N2O. The monoisotopic (exact) mass is 274 g/mol. The molecule has 0 bridgehead atoms. The van der Waals surface area contributed by atoms with Crippen LogP contribution in [-0.4, -0.2) is 30.1 Å². The fraction of sp³-hybridized carbons (Fsp3) is 0.647. The van der Waals surface area contributed by atoms with Crippen LogP contribution in [0.5, 0.6) is 5.75 Å². The topological polar surface area (TPSA) is 24.5 Å². The Labute approximate surface area is 122 Å². The molecule has 1 atom stereocenters. The largest absolute Gasteiger partial charge is 0.491 e. The first-order chi connectivity index (χ1) is 9.73. The van der Waals surface area contributed by atoms with E-state index in [1.165, 1.54) is 36.9 Å². The molecule has 20 heavy (non-hydrogen) atoms. The molecule has 0 amide bonds. The van der Waals surface area contributed by atoms with E-state index in [9.17, 15) is 0 Å². The van der Waals surface area contributed by atoms with Gasteiger partial charge in [-0.2, -0.15) is 0 Å². The van der Waals surface area contributed by atoms with Crippen molar-refractivity contribution in [3.05, 3.63) is 29.3 Å². The van der Waals surface area contributed by atoms with Crippen molar-refractivity contribution in [1.29, 1.82) is 0 Å². The maximum Gasteiger partial charge on any atom is 0.124 e. The summed E-state index contributed by atoms with van der Waals surface area (Å²) in [5.41, 5.74) is 2.94. The molecule has 1 unspecified atom stereocenters. The van der Waals surface area contributed by atoms with E-state index in [0.29, 0.717) is 0 Å². The second-order valence-electron chi connectivity index (χ2n) is 6.32. The van der Waals surface area contributed by atoms with Crippen LogP contribution in [0.15, 0.2) is 18.2 Å². The van der Waals surface area contributed by atoms with Crippen molar-refractivity contribution in [2.75, 3.05) is 19.7 Å². The summed E-state index contributed by atoms with van der Waals surface area (Å²) in [6.07, 6.45) is 3.90. The SMILES string of the molecule is CCN1CCCCC1(C)COc1cccc2c1CNC2. The number of rotatable bonds is 4. The lowest BCUT2D eigenvalue weighted by molar-refractivity contribution is 0.0247. The zero-order valence-corrected chi connectivity index (χ0v) is 12.7. The number of likely N-dealkylation sites (N-methyl/N-ethyl adjacent to an activating group) is 1. The van der Waals surface area contributed by atoms with E-state index in [1.807, 2.05) is 0 Å². The third kappa shape index (κ3) is 2.57. The lowest BCUT2D eigenvalue weighted by Gasteiger charge is -2.44. The van der Waals surface area contributed by atoms with Gasteiger partial charge < -0.3 is 10.1 Å². The van der Waals surface area contributed by atoms with Gasteiger partial charge in [0.15, 0.2) is 0 Å². The van der Waals surface area contributed by atoms with Crippen molar-refractivity contribution in [2.45, 2.75) is 51.7 Å². The minimum Gasteiger partial charge on any atom is -0.491 e. The van der Waals surface area contributed by atoms with Crippen LogP contribution in [0.25, 0.3) is 0 Å².